The molecule has 0 bridgehead atoms. The summed E-state index contributed by atoms with van der Waals surface area (Å²) in [7, 11) is 3.87. The van der Waals surface area contributed by atoms with Gasteiger partial charge < -0.3 is 15.5 Å². The predicted octanol–water partition coefficient (Wildman–Crippen LogP) is 2.09. The lowest BCUT2D eigenvalue weighted by Gasteiger charge is -2.13. The predicted molar refractivity (Wildman–Crippen MR) is 98.1 cm³/mol. The minimum Gasteiger partial charge on any atom is -0.363 e. The van der Waals surface area contributed by atoms with Crippen LogP contribution >= 0.6 is 0 Å². The van der Waals surface area contributed by atoms with E-state index in [4.69, 9.17) is 0 Å². The van der Waals surface area contributed by atoms with Gasteiger partial charge in [-0.25, -0.2) is 4.98 Å². The summed E-state index contributed by atoms with van der Waals surface area (Å²) in [6.07, 6.45) is 3.32. The molecule has 0 aliphatic carbocycles. The summed E-state index contributed by atoms with van der Waals surface area (Å²) in [6, 6.07) is 11.6. The van der Waals surface area contributed by atoms with Crippen molar-refractivity contribution in [1.29, 1.82) is 0 Å². The van der Waals surface area contributed by atoms with Crippen molar-refractivity contribution in [2.45, 2.75) is 6.92 Å². The number of carbonyl (C=O) groups excluding carboxylic acids is 1. The molecule has 0 saturated heterocycles. The molecule has 126 valence electrons. The van der Waals surface area contributed by atoms with Gasteiger partial charge in [-0.1, -0.05) is 30.3 Å². The number of aromatic nitrogens is 2. The Morgan fingerprint density at radius 3 is 2.62 bits per heavy atom. The summed E-state index contributed by atoms with van der Waals surface area (Å²) in [4.78, 5) is 22.4. The van der Waals surface area contributed by atoms with Crippen molar-refractivity contribution in [1.82, 2.24) is 15.3 Å². The Morgan fingerprint density at radius 1 is 1.17 bits per heavy atom. The Labute approximate surface area is 142 Å². The van der Waals surface area contributed by atoms with Crippen molar-refractivity contribution in [2.75, 3.05) is 37.4 Å². The molecule has 1 aromatic carbocycles. The third-order valence-corrected chi connectivity index (χ3v) is 3.23. The number of carbonyl (C=O) groups is 1. The first-order chi connectivity index (χ1) is 11.5. The lowest BCUT2D eigenvalue weighted by molar-refractivity contribution is -0.116. The van der Waals surface area contributed by atoms with Gasteiger partial charge in [0.2, 0.25) is 11.9 Å². The molecular weight excluding hydrogens is 302 g/mol. The summed E-state index contributed by atoms with van der Waals surface area (Å²) in [5.41, 5.74) is 1.89. The maximum atomic E-state index is 11.8. The molecule has 2 N–H and O–H groups in total. The Hall–Kier alpha value is -2.89. The largest absolute Gasteiger partial charge is 0.363 e. The van der Waals surface area contributed by atoms with Crippen LogP contribution < -0.4 is 15.5 Å². The smallest absolute Gasteiger partial charge is 0.244 e. The fourth-order valence-electron chi connectivity index (χ4n) is 2.02. The maximum Gasteiger partial charge on any atom is 0.244 e. The molecule has 6 nitrogen and oxygen atoms in total. The van der Waals surface area contributed by atoms with E-state index in [9.17, 15) is 4.79 Å². The number of nitrogens with zero attached hydrogens (tertiary/aromatic N) is 3. The topological polar surface area (TPSA) is 70.2 Å². The first-order valence-electron chi connectivity index (χ1n) is 7.82. The van der Waals surface area contributed by atoms with E-state index >= 15 is 0 Å². The molecule has 6 heteroatoms. The molecule has 1 heterocycles. The average Bonchev–Trinajstić information content (AvgIpc) is 2.57. The Morgan fingerprint density at radius 2 is 1.92 bits per heavy atom. The summed E-state index contributed by atoms with van der Waals surface area (Å²) < 4.78 is 0. The fourth-order valence-corrected chi connectivity index (χ4v) is 2.02. The van der Waals surface area contributed by atoms with Gasteiger partial charge >= 0.3 is 0 Å². The maximum absolute atomic E-state index is 11.8. The number of anilines is 2. The van der Waals surface area contributed by atoms with Crippen LogP contribution in [0.25, 0.3) is 6.08 Å². The second-order valence-corrected chi connectivity index (χ2v) is 5.55. The van der Waals surface area contributed by atoms with Crippen LogP contribution in [0.3, 0.4) is 0 Å². The molecule has 0 radical (unpaired) electrons. The molecule has 24 heavy (non-hydrogen) atoms. The highest BCUT2D eigenvalue weighted by molar-refractivity contribution is 5.91. The molecule has 0 spiro atoms. The molecule has 0 unspecified atom stereocenters. The molecule has 2 rings (SSSR count). The van der Waals surface area contributed by atoms with Crippen molar-refractivity contribution >= 4 is 23.7 Å². The Bertz CT molecular complexity index is 698. The molecule has 0 fully saturated rings. The van der Waals surface area contributed by atoms with Crippen molar-refractivity contribution in [3.8, 4) is 0 Å². The first-order valence-corrected chi connectivity index (χ1v) is 7.82. The molecule has 1 aromatic heterocycles. The molecule has 0 atom stereocenters. The van der Waals surface area contributed by atoms with Gasteiger partial charge in [0.25, 0.3) is 0 Å². The second kappa shape index (κ2) is 8.67. The number of rotatable bonds is 7. The zero-order valence-electron chi connectivity index (χ0n) is 14.3. The van der Waals surface area contributed by atoms with Crippen LogP contribution in [0.15, 0.2) is 42.5 Å². The highest BCUT2D eigenvalue weighted by atomic mass is 16.1. The van der Waals surface area contributed by atoms with Crippen LogP contribution in [-0.4, -0.2) is 43.1 Å². The zero-order chi connectivity index (χ0) is 17.4. The molecule has 0 aliphatic rings. The fraction of sp³-hybridized carbons (Fsp3) is 0.278. The lowest BCUT2D eigenvalue weighted by atomic mass is 10.2. The zero-order valence-corrected chi connectivity index (χ0v) is 14.3. The van der Waals surface area contributed by atoms with Crippen LogP contribution in [0.5, 0.6) is 0 Å². The van der Waals surface area contributed by atoms with Crippen LogP contribution in [0.4, 0.5) is 11.8 Å². The van der Waals surface area contributed by atoms with Crippen LogP contribution in [0.1, 0.15) is 11.3 Å². The van der Waals surface area contributed by atoms with Gasteiger partial charge in [0, 0.05) is 45.0 Å². The standard InChI is InChI=1S/C18H23N5O/c1-14-13-16(23(2)3)22-18(21-14)20-12-11-19-17(24)10-9-15-7-5-4-6-8-15/h4-10,13H,11-12H2,1-3H3,(H,19,24)(H,20,21,22). The van der Waals surface area contributed by atoms with Crippen LogP contribution in [0.2, 0.25) is 0 Å². The number of nitrogens with one attached hydrogen (secondary N) is 2. The lowest BCUT2D eigenvalue weighted by Crippen LogP contribution is -2.27. The van der Waals surface area contributed by atoms with Gasteiger partial charge in [-0.3, -0.25) is 4.79 Å². The quantitative estimate of drug-likeness (QED) is 0.602. The Kier molecular flexibility index (Phi) is 6.31. The SMILES string of the molecule is Cc1cc(N(C)C)nc(NCCNC(=O)C=Cc2ccccc2)n1. The number of aryl methyl sites for hydroxylation is 1. The normalized spacial score (nSPS) is 10.6. The number of hydrogen-bond donors (Lipinski definition) is 2. The molecule has 2 aromatic rings. The summed E-state index contributed by atoms with van der Waals surface area (Å²) in [5, 5.41) is 5.94. The van der Waals surface area contributed by atoms with E-state index in [1.165, 1.54) is 6.08 Å². The molecular formula is C18H23N5O. The highest BCUT2D eigenvalue weighted by Crippen LogP contribution is 2.11. The first kappa shape index (κ1) is 17.5. The Balaban J connectivity index is 1.76. The monoisotopic (exact) mass is 325 g/mol. The van der Waals surface area contributed by atoms with E-state index < -0.39 is 0 Å². The summed E-state index contributed by atoms with van der Waals surface area (Å²) in [5.74, 6) is 1.28. The van der Waals surface area contributed by atoms with Gasteiger partial charge in [-0.2, -0.15) is 4.98 Å². The van der Waals surface area contributed by atoms with Crippen LogP contribution in [0, 0.1) is 6.92 Å². The van der Waals surface area contributed by atoms with Crippen molar-refractivity contribution in [2.24, 2.45) is 0 Å². The van der Waals surface area contributed by atoms with E-state index in [2.05, 4.69) is 20.6 Å². The minimum absolute atomic E-state index is 0.125. The third kappa shape index (κ3) is 5.72. The molecule has 1 amide bonds. The van der Waals surface area contributed by atoms with E-state index in [1.54, 1.807) is 6.08 Å². The number of hydrogen-bond acceptors (Lipinski definition) is 5. The average molecular weight is 325 g/mol. The minimum atomic E-state index is -0.125. The number of amides is 1. The third-order valence-electron chi connectivity index (χ3n) is 3.23. The van der Waals surface area contributed by atoms with Crippen LogP contribution in [-0.2, 0) is 4.79 Å². The highest BCUT2D eigenvalue weighted by Gasteiger charge is 2.03. The van der Waals surface area contributed by atoms with Gasteiger partial charge in [0.05, 0.1) is 0 Å². The van der Waals surface area contributed by atoms with E-state index in [0.717, 1.165) is 17.1 Å². The molecule has 0 aliphatic heterocycles. The van der Waals surface area contributed by atoms with Crippen molar-refractivity contribution in [3.63, 3.8) is 0 Å². The van der Waals surface area contributed by atoms with Gasteiger partial charge in [-0.15, -0.1) is 0 Å². The van der Waals surface area contributed by atoms with Crippen molar-refractivity contribution < 1.29 is 4.79 Å². The second-order valence-electron chi connectivity index (χ2n) is 5.55. The summed E-state index contributed by atoms with van der Waals surface area (Å²) >= 11 is 0. The number of benzene rings is 1. The van der Waals surface area contributed by atoms with E-state index in [0.29, 0.717) is 19.0 Å². The summed E-state index contributed by atoms with van der Waals surface area (Å²) in [6.45, 7) is 2.98. The molecule has 0 saturated carbocycles. The van der Waals surface area contributed by atoms with Gasteiger partial charge in [-0.05, 0) is 18.6 Å². The van der Waals surface area contributed by atoms with Gasteiger partial charge in [0.15, 0.2) is 0 Å². The van der Waals surface area contributed by atoms with Gasteiger partial charge in [0.1, 0.15) is 5.82 Å². The van der Waals surface area contributed by atoms with Crippen molar-refractivity contribution in [3.05, 3.63) is 53.7 Å². The van der Waals surface area contributed by atoms with E-state index in [1.807, 2.05) is 62.3 Å². The van der Waals surface area contributed by atoms with E-state index in [-0.39, 0.29) is 5.91 Å².